The van der Waals surface area contributed by atoms with Crippen molar-refractivity contribution in [3.8, 4) is 0 Å². The van der Waals surface area contributed by atoms with E-state index in [-0.39, 0.29) is 6.61 Å². The number of benzene rings is 2. The second-order valence-corrected chi connectivity index (χ2v) is 9.00. The number of amides is 2. The number of esters is 1. The van der Waals surface area contributed by atoms with E-state index in [0.717, 1.165) is 36.5 Å². The maximum Gasteiger partial charge on any atom is 0.341 e. The molecule has 2 amide bonds. The molecule has 0 aliphatic carbocycles. The first kappa shape index (κ1) is 22.3. The minimum atomic E-state index is -0.419. The lowest BCUT2D eigenvalue weighted by molar-refractivity contribution is 0.0526. The van der Waals surface area contributed by atoms with E-state index in [1.807, 2.05) is 18.2 Å². The molecule has 0 radical (unpaired) electrons. The van der Waals surface area contributed by atoms with Crippen LogP contribution in [0.2, 0.25) is 5.02 Å². The normalized spacial score (nSPS) is 13.3. The van der Waals surface area contributed by atoms with E-state index in [0.29, 0.717) is 21.3 Å². The van der Waals surface area contributed by atoms with Crippen LogP contribution in [0.4, 0.5) is 15.5 Å². The number of fused-ring (bicyclic) bond motifs is 1. The van der Waals surface area contributed by atoms with Crippen molar-refractivity contribution in [2.24, 2.45) is 0 Å². The quantitative estimate of drug-likeness (QED) is 0.449. The van der Waals surface area contributed by atoms with Crippen LogP contribution in [0.15, 0.2) is 54.6 Å². The molecule has 166 valence electrons. The van der Waals surface area contributed by atoms with Gasteiger partial charge in [0, 0.05) is 35.2 Å². The maximum atomic E-state index is 12.7. The van der Waals surface area contributed by atoms with Crippen molar-refractivity contribution in [2.75, 3.05) is 23.8 Å². The van der Waals surface area contributed by atoms with Gasteiger partial charge in [-0.05, 0) is 48.7 Å². The standard InChI is InChI=1S/C24H24ClN3O3S/c1-2-31-23(29)21-19-12-13-28(14-16-6-4-3-5-7-16)15-20(19)32-22(21)27-24(30)26-18-10-8-17(25)9-11-18/h3-11H,2,12-15H2,1H3,(H2,26,27,30). The first-order valence-electron chi connectivity index (χ1n) is 10.4. The van der Waals surface area contributed by atoms with Crippen LogP contribution in [0.25, 0.3) is 0 Å². The van der Waals surface area contributed by atoms with E-state index in [4.69, 9.17) is 16.3 Å². The number of hydrogen-bond donors (Lipinski definition) is 2. The molecule has 0 saturated heterocycles. The molecule has 0 fully saturated rings. The van der Waals surface area contributed by atoms with Gasteiger partial charge in [-0.25, -0.2) is 9.59 Å². The minimum Gasteiger partial charge on any atom is -0.462 e. The van der Waals surface area contributed by atoms with Gasteiger partial charge in [0.2, 0.25) is 0 Å². The van der Waals surface area contributed by atoms with Gasteiger partial charge in [-0.15, -0.1) is 11.3 Å². The third-order valence-electron chi connectivity index (χ3n) is 5.19. The summed E-state index contributed by atoms with van der Waals surface area (Å²) in [5.41, 5.74) is 3.30. The number of carbonyl (C=O) groups is 2. The Morgan fingerprint density at radius 2 is 1.84 bits per heavy atom. The third kappa shape index (κ3) is 5.30. The Bertz CT molecular complexity index is 1100. The summed E-state index contributed by atoms with van der Waals surface area (Å²) < 4.78 is 5.30. The smallest absolute Gasteiger partial charge is 0.341 e. The Kier molecular flexibility index (Phi) is 7.09. The average Bonchev–Trinajstić information content (AvgIpc) is 3.13. The fraction of sp³-hybridized carbons (Fsp3) is 0.250. The summed E-state index contributed by atoms with van der Waals surface area (Å²) in [7, 11) is 0. The number of hydrogen-bond acceptors (Lipinski definition) is 5. The van der Waals surface area contributed by atoms with E-state index in [1.54, 1.807) is 31.2 Å². The van der Waals surface area contributed by atoms with Gasteiger partial charge in [-0.2, -0.15) is 0 Å². The van der Waals surface area contributed by atoms with Gasteiger partial charge < -0.3 is 10.1 Å². The van der Waals surface area contributed by atoms with Gasteiger partial charge in [-0.1, -0.05) is 41.9 Å². The highest BCUT2D eigenvalue weighted by molar-refractivity contribution is 7.17. The number of thiophene rings is 1. The summed E-state index contributed by atoms with van der Waals surface area (Å²) in [6, 6.07) is 16.7. The number of anilines is 2. The summed E-state index contributed by atoms with van der Waals surface area (Å²) in [5.74, 6) is -0.400. The molecule has 2 N–H and O–H groups in total. The molecule has 0 spiro atoms. The van der Waals surface area contributed by atoms with Crippen LogP contribution in [0.1, 0.15) is 33.3 Å². The molecule has 1 aliphatic heterocycles. The molecule has 1 aromatic heterocycles. The second kappa shape index (κ2) is 10.2. The predicted molar refractivity (Wildman–Crippen MR) is 129 cm³/mol. The van der Waals surface area contributed by atoms with Crippen molar-refractivity contribution in [3.05, 3.63) is 81.2 Å². The van der Waals surface area contributed by atoms with Crippen molar-refractivity contribution in [1.82, 2.24) is 4.90 Å². The lowest BCUT2D eigenvalue weighted by atomic mass is 10.0. The Balaban J connectivity index is 1.53. The zero-order valence-corrected chi connectivity index (χ0v) is 19.3. The fourth-order valence-electron chi connectivity index (χ4n) is 3.74. The van der Waals surface area contributed by atoms with Gasteiger partial charge in [0.1, 0.15) is 5.00 Å². The Labute approximate surface area is 196 Å². The summed E-state index contributed by atoms with van der Waals surface area (Å²) >= 11 is 7.34. The number of carbonyl (C=O) groups excluding carboxylic acids is 2. The molecule has 0 atom stereocenters. The molecule has 0 bridgehead atoms. The van der Waals surface area contributed by atoms with Crippen molar-refractivity contribution < 1.29 is 14.3 Å². The number of nitrogens with one attached hydrogen (secondary N) is 2. The lowest BCUT2D eigenvalue weighted by Gasteiger charge is -2.27. The Morgan fingerprint density at radius 3 is 2.56 bits per heavy atom. The van der Waals surface area contributed by atoms with Gasteiger partial charge in [0.15, 0.2) is 0 Å². The number of ether oxygens (including phenoxy) is 1. The van der Waals surface area contributed by atoms with Crippen LogP contribution in [0, 0.1) is 0 Å². The molecule has 2 heterocycles. The van der Waals surface area contributed by atoms with E-state index in [2.05, 4.69) is 27.7 Å². The van der Waals surface area contributed by atoms with E-state index >= 15 is 0 Å². The zero-order chi connectivity index (χ0) is 22.5. The number of nitrogens with zero attached hydrogens (tertiary/aromatic N) is 1. The molecule has 3 aromatic rings. The highest BCUT2D eigenvalue weighted by Gasteiger charge is 2.29. The van der Waals surface area contributed by atoms with Gasteiger partial charge in [0.25, 0.3) is 0 Å². The van der Waals surface area contributed by atoms with E-state index in [1.165, 1.54) is 16.9 Å². The molecule has 0 saturated carbocycles. The number of urea groups is 1. The molecule has 4 rings (SSSR count). The molecule has 1 aliphatic rings. The summed E-state index contributed by atoms with van der Waals surface area (Å²) in [4.78, 5) is 28.8. The first-order valence-corrected chi connectivity index (χ1v) is 11.6. The molecule has 6 nitrogen and oxygen atoms in total. The molecule has 8 heteroatoms. The van der Waals surface area contributed by atoms with Crippen LogP contribution in [-0.4, -0.2) is 30.1 Å². The topological polar surface area (TPSA) is 70.7 Å². The van der Waals surface area contributed by atoms with Gasteiger partial charge in [0.05, 0.1) is 12.2 Å². The molecular formula is C24H24ClN3O3S. The van der Waals surface area contributed by atoms with Gasteiger partial charge in [-0.3, -0.25) is 10.2 Å². The number of rotatable bonds is 6. The van der Waals surface area contributed by atoms with Crippen LogP contribution < -0.4 is 10.6 Å². The van der Waals surface area contributed by atoms with Crippen LogP contribution >= 0.6 is 22.9 Å². The minimum absolute atomic E-state index is 0.278. The van der Waals surface area contributed by atoms with Crippen molar-refractivity contribution in [2.45, 2.75) is 26.4 Å². The largest absolute Gasteiger partial charge is 0.462 e. The zero-order valence-electron chi connectivity index (χ0n) is 17.7. The number of halogens is 1. The van der Waals surface area contributed by atoms with Gasteiger partial charge >= 0.3 is 12.0 Å². The molecule has 2 aromatic carbocycles. The average molecular weight is 470 g/mol. The maximum absolute atomic E-state index is 12.7. The Hall–Kier alpha value is -2.87. The Morgan fingerprint density at radius 1 is 1.09 bits per heavy atom. The third-order valence-corrected chi connectivity index (χ3v) is 6.58. The molecule has 0 unspecified atom stereocenters. The van der Waals surface area contributed by atoms with Crippen LogP contribution in [0.5, 0.6) is 0 Å². The summed E-state index contributed by atoms with van der Waals surface area (Å²) in [5, 5.41) is 6.73. The summed E-state index contributed by atoms with van der Waals surface area (Å²) in [6.07, 6.45) is 0.729. The van der Waals surface area contributed by atoms with Crippen molar-refractivity contribution >= 4 is 45.6 Å². The fourth-order valence-corrected chi connectivity index (χ4v) is 5.14. The van der Waals surface area contributed by atoms with E-state index in [9.17, 15) is 9.59 Å². The molecular weight excluding hydrogens is 446 g/mol. The lowest BCUT2D eigenvalue weighted by Crippen LogP contribution is -2.30. The summed E-state index contributed by atoms with van der Waals surface area (Å²) in [6.45, 7) is 4.45. The van der Waals surface area contributed by atoms with E-state index < -0.39 is 12.0 Å². The van der Waals surface area contributed by atoms with Crippen molar-refractivity contribution in [3.63, 3.8) is 0 Å². The second-order valence-electron chi connectivity index (χ2n) is 7.46. The molecule has 32 heavy (non-hydrogen) atoms. The van der Waals surface area contributed by atoms with Crippen molar-refractivity contribution in [1.29, 1.82) is 0 Å². The highest BCUT2D eigenvalue weighted by atomic mass is 35.5. The predicted octanol–water partition coefficient (Wildman–Crippen LogP) is 5.78. The first-order chi connectivity index (χ1) is 15.5. The van der Waals surface area contributed by atoms with Crippen LogP contribution in [0.3, 0.4) is 0 Å². The van der Waals surface area contributed by atoms with Crippen LogP contribution in [-0.2, 0) is 24.2 Å². The monoisotopic (exact) mass is 469 g/mol. The SMILES string of the molecule is CCOC(=O)c1c(NC(=O)Nc2ccc(Cl)cc2)sc2c1CCN(Cc1ccccc1)C2. The highest BCUT2D eigenvalue weighted by Crippen LogP contribution is 2.38.